The number of rotatable bonds is 3. The van der Waals surface area contributed by atoms with Crippen LogP contribution in [0.2, 0.25) is 0 Å². The Morgan fingerprint density at radius 3 is 2.60 bits per heavy atom. The lowest BCUT2D eigenvalue weighted by Crippen LogP contribution is -2.32. The third kappa shape index (κ3) is 3.88. The molecular formula is C18H20N4O3. The van der Waals surface area contributed by atoms with Gasteiger partial charge in [0, 0.05) is 6.42 Å². The van der Waals surface area contributed by atoms with Gasteiger partial charge in [-0.1, -0.05) is 30.3 Å². The number of para-hydroxylation sites is 2. The summed E-state index contributed by atoms with van der Waals surface area (Å²) < 4.78 is 5.26. The van der Waals surface area contributed by atoms with Crippen molar-refractivity contribution in [2.75, 3.05) is 5.43 Å². The highest BCUT2D eigenvalue weighted by atomic mass is 16.6. The number of aromatic hydroxyl groups is 1. The van der Waals surface area contributed by atoms with Gasteiger partial charge in [-0.3, -0.25) is 0 Å². The van der Waals surface area contributed by atoms with Crippen LogP contribution in [-0.2, 0) is 11.2 Å². The van der Waals surface area contributed by atoms with E-state index in [4.69, 9.17) is 4.74 Å². The first kappa shape index (κ1) is 16.8. The number of aromatic nitrogens is 3. The Morgan fingerprint density at radius 2 is 1.88 bits per heavy atom. The summed E-state index contributed by atoms with van der Waals surface area (Å²) in [5, 5.41) is 18.1. The van der Waals surface area contributed by atoms with Crippen LogP contribution in [0.15, 0.2) is 42.5 Å². The highest BCUT2D eigenvalue weighted by molar-refractivity contribution is 5.83. The van der Waals surface area contributed by atoms with Crippen LogP contribution in [0.1, 0.15) is 31.9 Å². The van der Waals surface area contributed by atoms with Gasteiger partial charge in [0.25, 0.3) is 0 Å². The highest BCUT2D eigenvalue weighted by Gasteiger charge is 2.18. The van der Waals surface area contributed by atoms with Gasteiger partial charge < -0.3 is 9.84 Å². The van der Waals surface area contributed by atoms with Crippen molar-refractivity contribution in [1.29, 1.82) is 0 Å². The maximum Gasteiger partial charge on any atom is 0.428 e. The molecule has 1 amide bonds. The summed E-state index contributed by atoms with van der Waals surface area (Å²) >= 11 is 0. The van der Waals surface area contributed by atoms with Crippen molar-refractivity contribution in [2.45, 2.75) is 32.8 Å². The average Bonchev–Trinajstić information content (AvgIpc) is 2.92. The second kappa shape index (κ2) is 6.43. The van der Waals surface area contributed by atoms with Crippen molar-refractivity contribution in [3.63, 3.8) is 0 Å². The average molecular weight is 340 g/mol. The number of nitrogens with one attached hydrogen (secondary N) is 1. The number of benzene rings is 2. The second-order valence-electron chi connectivity index (χ2n) is 6.71. The second-order valence-corrected chi connectivity index (χ2v) is 6.71. The SMILES string of the molecule is CC(C)(C)OC(=O)Nn1nnc2cccc(Cc3ccccc3O)c21. The monoisotopic (exact) mass is 340 g/mol. The van der Waals surface area contributed by atoms with Gasteiger partial charge in [-0.05, 0) is 49.2 Å². The molecule has 25 heavy (non-hydrogen) atoms. The molecule has 3 rings (SSSR count). The van der Waals surface area contributed by atoms with E-state index in [1.165, 1.54) is 4.79 Å². The summed E-state index contributed by atoms with van der Waals surface area (Å²) in [6, 6.07) is 12.7. The molecule has 0 fully saturated rings. The smallest absolute Gasteiger partial charge is 0.428 e. The quantitative estimate of drug-likeness (QED) is 0.764. The van der Waals surface area contributed by atoms with Crippen LogP contribution in [0.25, 0.3) is 11.0 Å². The van der Waals surface area contributed by atoms with Gasteiger partial charge in [0.15, 0.2) is 0 Å². The van der Waals surface area contributed by atoms with Crippen LogP contribution in [0.4, 0.5) is 4.79 Å². The molecule has 0 atom stereocenters. The molecule has 0 spiro atoms. The van der Waals surface area contributed by atoms with Gasteiger partial charge in [-0.25, -0.2) is 10.2 Å². The molecule has 7 nitrogen and oxygen atoms in total. The molecule has 0 saturated carbocycles. The first-order valence-corrected chi connectivity index (χ1v) is 7.94. The molecule has 2 N–H and O–H groups in total. The lowest BCUT2D eigenvalue weighted by molar-refractivity contribution is 0.0610. The molecule has 0 aliphatic carbocycles. The molecule has 7 heteroatoms. The minimum absolute atomic E-state index is 0.221. The fourth-order valence-electron chi connectivity index (χ4n) is 2.51. The van der Waals surface area contributed by atoms with Gasteiger partial charge in [0.2, 0.25) is 0 Å². The van der Waals surface area contributed by atoms with E-state index >= 15 is 0 Å². The largest absolute Gasteiger partial charge is 0.508 e. The normalized spacial score (nSPS) is 11.5. The van der Waals surface area contributed by atoms with Crippen molar-refractivity contribution in [2.24, 2.45) is 0 Å². The highest BCUT2D eigenvalue weighted by Crippen LogP contribution is 2.24. The summed E-state index contributed by atoms with van der Waals surface area (Å²) in [7, 11) is 0. The zero-order chi connectivity index (χ0) is 18.0. The number of hydrogen-bond donors (Lipinski definition) is 2. The molecule has 1 heterocycles. The maximum absolute atomic E-state index is 12.0. The molecule has 130 valence electrons. The van der Waals surface area contributed by atoms with E-state index in [9.17, 15) is 9.90 Å². The Kier molecular flexibility index (Phi) is 4.31. The molecule has 0 aliphatic heterocycles. The van der Waals surface area contributed by atoms with Crippen LogP contribution in [0, 0.1) is 0 Å². The van der Waals surface area contributed by atoms with Gasteiger partial charge in [-0.15, -0.1) is 9.89 Å². The van der Waals surface area contributed by atoms with Gasteiger partial charge in [0.05, 0.1) is 0 Å². The standard InChI is InChI=1S/C18H20N4O3/c1-18(2,3)25-17(24)20-22-16-13(8-6-9-14(16)19-21-22)11-12-7-4-5-10-15(12)23/h4-10,23H,11H2,1-3H3,(H,20,24). The minimum Gasteiger partial charge on any atom is -0.508 e. The van der Waals surface area contributed by atoms with Crippen LogP contribution in [0.5, 0.6) is 5.75 Å². The number of ether oxygens (including phenoxy) is 1. The third-order valence-corrected chi connectivity index (χ3v) is 3.52. The number of amides is 1. The van der Waals surface area contributed by atoms with Crippen molar-refractivity contribution < 1.29 is 14.6 Å². The first-order chi connectivity index (χ1) is 11.8. The van der Waals surface area contributed by atoms with E-state index in [0.717, 1.165) is 11.1 Å². The Labute approximate surface area is 145 Å². The number of carbonyl (C=O) groups excluding carboxylic acids is 1. The molecular weight excluding hydrogens is 320 g/mol. The van der Waals surface area contributed by atoms with Crippen molar-refractivity contribution in [1.82, 2.24) is 15.1 Å². The third-order valence-electron chi connectivity index (χ3n) is 3.52. The van der Waals surface area contributed by atoms with E-state index in [2.05, 4.69) is 15.7 Å². The summed E-state index contributed by atoms with van der Waals surface area (Å²) in [4.78, 5) is 13.3. The molecule has 0 unspecified atom stereocenters. The maximum atomic E-state index is 12.0. The van der Waals surface area contributed by atoms with Crippen LogP contribution in [-0.4, -0.2) is 31.9 Å². The molecule has 0 radical (unpaired) electrons. The Morgan fingerprint density at radius 1 is 1.16 bits per heavy atom. The summed E-state index contributed by atoms with van der Waals surface area (Å²) in [6.07, 6.45) is -0.135. The van der Waals surface area contributed by atoms with E-state index in [-0.39, 0.29) is 5.75 Å². The van der Waals surface area contributed by atoms with Crippen LogP contribution >= 0.6 is 0 Å². The van der Waals surface area contributed by atoms with Gasteiger partial charge >= 0.3 is 6.09 Å². The van der Waals surface area contributed by atoms with Gasteiger partial charge in [0.1, 0.15) is 22.4 Å². The minimum atomic E-state index is -0.614. The molecule has 0 aliphatic rings. The van der Waals surface area contributed by atoms with E-state index in [0.29, 0.717) is 17.5 Å². The molecule has 0 saturated heterocycles. The lowest BCUT2D eigenvalue weighted by Gasteiger charge is -2.19. The first-order valence-electron chi connectivity index (χ1n) is 7.94. The Hall–Kier alpha value is -3.09. The summed E-state index contributed by atoms with van der Waals surface area (Å²) in [5.74, 6) is 0.221. The number of phenolic OH excluding ortho intramolecular Hbond substituents is 1. The number of phenols is 1. The van der Waals surface area contributed by atoms with E-state index in [1.807, 2.05) is 30.3 Å². The van der Waals surface area contributed by atoms with Crippen LogP contribution < -0.4 is 5.43 Å². The molecule has 1 aromatic heterocycles. The van der Waals surface area contributed by atoms with Crippen LogP contribution in [0.3, 0.4) is 0 Å². The van der Waals surface area contributed by atoms with Gasteiger partial charge in [-0.2, -0.15) is 0 Å². The molecule has 3 aromatic rings. The fourth-order valence-corrected chi connectivity index (χ4v) is 2.51. The number of carbonyl (C=O) groups is 1. The predicted molar refractivity (Wildman–Crippen MR) is 94.0 cm³/mol. The van der Waals surface area contributed by atoms with Crippen molar-refractivity contribution >= 4 is 17.1 Å². The Bertz CT molecular complexity index is 912. The number of fused-ring (bicyclic) bond motifs is 1. The van der Waals surface area contributed by atoms with E-state index in [1.54, 1.807) is 32.9 Å². The molecule has 0 bridgehead atoms. The summed E-state index contributed by atoms with van der Waals surface area (Å²) in [5.41, 5.74) is 4.93. The topological polar surface area (TPSA) is 89.3 Å². The fraction of sp³-hybridized carbons (Fsp3) is 0.278. The zero-order valence-electron chi connectivity index (χ0n) is 14.4. The lowest BCUT2D eigenvalue weighted by atomic mass is 10.0. The molecule has 2 aromatic carbocycles. The number of nitrogens with zero attached hydrogens (tertiary/aromatic N) is 3. The number of hydrogen-bond acceptors (Lipinski definition) is 5. The van der Waals surface area contributed by atoms with Crippen molar-refractivity contribution in [3.05, 3.63) is 53.6 Å². The zero-order valence-corrected chi connectivity index (χ0v) is 14.4. The Balaban J connectivity index is 1.94. The predicted octanol–water partition coefficient (Wildman–Crippen LogP) is 3.21. The summed E-state index contributed by atoms with van der Waals surface area (Å²) in [6.45, 7) is 5.36. The van der Waals surface area contributed by atoms with E-state index < -0.39 is 11.7 Å². The van der Waals surface area contributed by atoms with Crippen molar-refractivity contribution in [3.8, 4) is 5.75 Å².